The molecule has 2 heterocycles. The molecule has 0 spiro atoms. The van der Waals surface area contributed by atoms with Crippen molar-refractivity contribution in [3.8, 4) is 0 Å². The summed E-state index contributed by atoms with van der Waals surface area (Å²) in [6.45, 7) is 4.79. The van der Waals surface area contributed by atoms with Crippen molar-refractivity contribution in [3.63, 3.8) is 0 Å². The molecule has 2 aromatic carbocycles. The number of nitrogens with two attached hydrogens (primary N) is 1. The number of aryl methyl sites for hydroxylation is 1. The fourth-order valence-electron chi connectivity index (χ4n) is 3.61. The lowest BCUT2D eigenvalue weighted by Crippen LogP contribution is -2.52. The lowest BCUT2D eigenvalue weighted by molar-refractivity contribution is -0.0332. The van der Waals surface area contributed by atoms with E-state index in [4.69, 9.17) is 5.73 Å². The summed E-state index contributed by atoms with van der Waals surface area (Å²) in [6, 6.07) is 13.2. The summed E-state index contributed by atoms with van der Waals surface area (Å²) in [6.07, 6.45) is 1.26. The van der Waals surface area contributed by atoms with Gasteiger partial charge in [0.05, 0.1) is 12.1 Å². The van der Waals surface area contributed by atoms with E-state index in [2.05, 4.69) is 5.10 Å². The number of nitrogens with zero attached hydrogens (tertiary/aromatic N) is 4. The average molecular weight is 379 g/mol. The number of hydrogen-bond acceptors (Lipinski definition) is 5. The molecule has 3 aromatic rings. The highest BCUT2D eigenvalue weighted by molar-refractivity contribution is 5.94. The summed E-state index contributed by atoms with van der Waals surface area (Å²) >= 11 is 0. The zero-order valence-corrected chi connectivity index (χ0v) is 16.0. The minimum absolute atomic E-state index is 0.0426. The van der Waals surface area contributed by atoms with Crippen LogP contribution in [0.4, 0.5) is 5.69 Å². The van der Waals surface area contributed by atoms with Crippen molar-refractivity contribution in [1.82, 2.24) is 19.6 Å². The fourth-order valence-corrected chi connectivity index (χ4v) is 3.61. The van der Waals surface area contributed by atoms with Crippen molar-refractivity contribution in [2.45, 2.75) is 19.7 Å². The number of benzene rings is 2. The van der Waals surface area contributed by atoms with Gasteiger partial charge in [-0.1, -0.05) is 18.2 Å². The Hall–Kier alpha value is -2.90. The van der Waals surface area contributed by atoms with Crippen molar-refractivity contribution in [3.05, 3.63) is 59.8 Å². The first-order valence-corrected chi connectivity index (χ1v) is 9.51. The lowest BCUT2D eigenvalue weighted by Gasteiger charge is -2.37. The van der Waals surface area contributed by atoms with Gasteiger partial charge >= 0.3 is 0 Å². The first kappa shape index (κ1) is 18.5. The van der Waals surface area contributed by atoms with Crippen LogP contribution in [0.2, 0.25) is 0 Å². The first-order chi connectivity index (χ1) is 13.5. The van der Waals surface area contributed by atoms with Gasteiger partial charge in [0.1, 0.15) is 6.23 Å². The second kappa shape index (κ2) is 7.61. The molecule has 1 saturated heterocycles. The van der Waals surface area contributed by atoms with Crippen LogP contribution in [0.1, 0.15) is 15.9 Å². The van der Waals surface area contributed by atoms with Crippen LogP contribution in [-0.2, 0) is 6.54 Å². The number of aromatic nitrogens is 2. The van der Waals surface area contributed by atoms with Crippen LogP contribution < -0.4 is 5.73 Å². The molecule has 28 heavy (non-hydrogen) atoms. The van der Waals surface area contributed by atoms with Gasteiger partial charge in [-0.3, -0.25) is 14.4 Å². The van der Waals surface area contributed by atoms with Crippen molar-refractivity contribution < 1.29 is 9.90 Å². The van der Waals surface area contributed by atoms with Crippen molar-refractivity contribution in [1.29, 1.82) is 0 Å². The van der Waals surface area contributed by atoms with Gasteiger partial charge in [0.2, 0.25) is 0 Å². The zero-order valence-electron chi connectivity index (χ0n) is 16.0. The molecule has 1 aromatic heterocycles. The molecule has 146 valence electrons. The molecular weight excluding hydrogens is 354 g/mol. The highest BCUT2D eigenvalue weighted by Gasteiger charge is 2.26. The average Bonchev–Trinajstić information content (AvgIpc) is 3.09. The molecule has 4 rings (SSSR count). The molecule has 1 aliphatic heterocycles. The molecule has 0 saturated carbocycles. The largest absolute Gasteiger partial charge is 0.398 e. The topological polar surface area (TPSA) is 87.6 Å². The molecule has 0 aliphatic carbocycles. The number of aliphatic hydroxyl groups is 1. The molecule has 0 bridgehead atoms. The summed E-state index contributed by atoms with van der Waals surface area (Å²) < 4.78 is 1.76. The van der Waals surface area contributed by atoms with E-state index in [1.807, 2.05) is 65.4 Å². The molecular formula is C21H25N5O2. The summed E-state index contributed by atoms with van der Waals surface area (Å²) in [5.41, 5.74) is 9.28. The molecule has 1 aliphatic rings. The van der Waals surface area contributed by atoms with E-state index in [9.17, 15) is 9.90 Å². The fraction of sp³-hybridized carbons (Fsp3) is 0.333. The number of rotatable bonds is 4. The van der Waals surface area contributed by atoms with Crippen LogP contribution in [0.15, 0.2) is 48.7 Å². The predicted octanol–water partition coefficient (Wildman–Crippen LogP) is 1.70. The van der Waals surface area contributed by atoms with Crippen LogP contribution in [0.3, 0.4) is 0 Å². The SMILES string of the molecule is Cc1cc2nn(CC(O)N3CCN(C(=O)c4ccccc4)CC3)cc2cc1N. The monoisotopic (exact) mass is 379 g/mol. The van der Waals surface area contributed by atoms with Crippen molar-refractivity contribution >= 4 is 22.5 Å². The van der Waals surface area contributed by atoms with Gasteiger partial charge in [0.15, 0.2) is 0 Å². The number of nitrogen functional groups attached to an aromatic ring is 1. The van der Waals surface area contributed by atoms with E-state index in [1.54, 1.807) is 4.68 Å². The minimum Gasteiger partial charge on any atom is -0.398 e. The maximum absolute atomic E-state index is 12.5. The zero-order chi connectivity index (χ0) is 19.7. The Morgan fingerprint density at radius 1 is 1.18 bits per heavy atom. The van der Waals surface area contributed by atoms with Gasteiger partial charge in [-0.15, -0.1) is 0 Å². The van der Waals surface area contributed by atoms with E-state index in [0.29, 0.717) is 38.3 Å². The smallest absolute Gasteiger partial charge is 0.253 e. The van der Waals surface area contributed by atoms with Crippen LogP contribution in [0, 0.1) is 6.92 Å². The molecule has 3 N–H and O–H groups in total. The van der Waals surface area contributed by atoms with E-state index < -0.39 is 6.23 Å². The molecule has 0 radical (unpaired) electrons. The normalized spacial score (nSPS) is 16.4. The second-order valence-corrected chi connectivity index (χ2v) is 7.29. The van der Waals surface area contributed by atoms with E-state index in [-0.39, 0.29) is 5.91 Å². The Kier molecular flexibility index (Phi) is 5.02. The second-order valence-electron chi connectivity index (χ2n) is 7.29. The van der Waals surface area contributed by atoms with Crippen LogP contribution in [-0.4, -0.2) is 63.0 Å². The summed E-state index contributed by atoms with van der Waals surface area (Å²) in [7, 11) is 0. The molecule has 1 unspecified atom stereocenters. The highest BCUT2D eigenvalue weighted by atomic mass is 16.3. The van der Waals surface area contributed by atoms with Gasteiger partial charge in [-0.05, 0) is 36.8 Å². The predicted molar refractivity (Wildman–Crippen MR) is 109 cm³/mol. The summed E-state index contributed by atoms with van der Waals surface area (Å²) in [5.74, 6) is 0.0426. The molecule has 1 atom stereocenters. The van der Waals surface area contributed by atoms with Crippen molar-refractivity contribution in [2.75, 3.05) is 31.9 Å². The van der Waals surface area contributed by atoms with Gasteiger partial charge in [0, 0.05) is 49.0 Å². The Morgan fingerprint density at radius 2 is 1.89 bits per heavy atom. The van der Waals surface area contributed by atoms with Crippen LogP contribution in [0.25, 0.3) is 10.9 Å². The number of piperazine rings is 1. The van der Waals surface area contributed by atoms with Crippen molar-refractivity contribution in [2.24, 2.45) is 0 Å². The third-order valence-corrected chi connectivity index (χ3v) is 5.33. The Morgan fingerprint density at radius 3 is 2.61 bits per heavy atom. The van der Waals surface area contributed by atoms with Crippen LogP contribution in [0.5, 0.6) is 0 Å². The first-order valence-electron chi connectivity index (χ1n) is 9.51. The van der Waals surface area contributed by atoms with Gasteiger partial charge in [-0.25, -0.2) is 0 Å². The number of carbonyl (C=O) groups excluding carboxylic acids is 1. The maximum Gasteiger partial charge on any atom is 0.253 e. The number of carbonyl (C=O) groups is 1. The number of fused-ring (bicyclic) bond motifs is 1. The Balaban J connectivity index is 1.36. The van der Waals surface area contributed by atoms with Gasteiger partial charge in [0.25, 0.3) is 5.91 Å². The molecule has 1 amide bonds. The number of anilines is 1. The molecule has 7 nitrogen and oxygen atoms in total. The third kappa shape index (κ3) is 3.72. The standard InChI is InChI=1S/C21H25N5O2/c1-15-11-19-17(12-18(15)22)13-26(23-19)14-20(27)24-7-9-25(10-8-24)21(28)16-5-3-2-4-6-16/h2-6,11-13,20,27H,7-10,14,22H2,1H3. The van der Waals surface area contributed by atoms with E-state index in [1.165, 1.54) is 0 Å². The summed E-state index contributed by atoms with van der Waals surface area (Å²) in [4.78, 5) is 16.4. The minimum atomic E-state index is -0.651. The lowest BCUT2D eigenvalue weighted by atomic mass is 10.1. The van der Waals surface area contributed by atoms with Gasteiger partial charge in [-0.2, -0.15) is 5.10 Å². The number of aliphatic hydroxyl groups excluding tert-OH is 1. The maximum atomic E-state index is 12.5. The Bertz CT molecular complexity index is 938. The van der Waals surface area contributed by atoms with E-state index in [0.717, 1.165) is 22.2 Å². The quantitative estimate of drug-likeness (QED) is 0.674. The number of hydrogen-bond donors (Lipinski definition) is 2. The van der Waals surface area contributed by atoms with E-state index >= 15 is 0 Å². The third-order valence-electron chi connectivity index (χ3n) is 5.33. The Labute approximate surface area is 164 Å². The highest BCUT2D eigenvalue weighted by Crippen LogP contribution is 2.20. The number of amides is 1. The molecule has 1 fully saturated rings. The molecule has 7 heteroatoms. The van der Waals surface area contributed by atoms with Crippen LogP contribution >= 0.6 is 0 Å². The summed E-state index contributed by atoms with van der Waals surface area (Å²) in [5, 5.41) is 16.1. The van der Waals surface area contributed by atoms with Gasteiger partial charge < -0.3 is 15.7 Å².